The predicted octanol–water partition coefficient (Wildman–Crippen LogP) is 3.31. The molecule has 1 aliphatic heterocycles. The smallest absolute Gasteiger partial charge is 0.289 e. The van der Waals surface area contributed by atoms with Crippen molar-refractivity contribution in [3.05, 3.63) is 58.0 Å². The minimum absolute atomic E-state index is 0.0246. The average molecular weight is 489 g/mol. The summed E-state index contributed by atoms with van der Waals surface area (Å²) in [5.74, 6) is -0.809. The molecule has 3 atom stereocenters. The Kier molecular flexibility index (Phi) is 5.96. The van der Waals surface area contributed by atoms with Gasteiger partial charge in [0.25, 0.3) is 5.56 Å². The van der Waals surface area contributed by atoms with Crippen LogP contribution in [0.5, 0.6) is 0 Å². The van der Waals surface area contributed by atoms with E-state index in [0.29, 0.717) is 24.1 Å². The Morgan fingerprint density at radius 2 is 2.00 bits per heavy atom. The minimum Gasteiger partial charge on any atom is -0.362 e. The quantitative estimate of drug-likeness (QED) is 0.435. The van der Waals surface area contributed by atoms with Gasteiger partial charge in [0.2, 0.25) is 5.82 Å². The van der Waals surface area contributed by atoms with Crippen molar-refractivity contribution in [2.24, 2.45) is 7.05 Å². The number of aryl methyl sites for hydroxylation is 2. The van der Waals surface area contributed by atoms with Crippen LogP contribution in [0.25, 0.3) is 22.1 Å². The number of aromatic nitrogens is 5. The van der Waals surface area contributed by atoms with E-state index in [1.807, 2.05) is 30.9 Å². The maximum absolute atomic E-state index is 15.5. The van der Waals surface area contributed by atoms with Gasteiger partial charge in [0.1, 0.15) is 17.7 Å². The number of piperazine rings is 1. The molecule has 186 valence electrons. The molecule has 1 fully saturated rings. The number of hydrogen-bond acceptors (Lipinski definition) is 7. The van der Waals surface area contributed by atoms with E-state index in [2.05, 4.69) is 45.9 Å². The van der Waals surface area contributed by atoms with Crippen molar-refractivity contribution in [3.8, 4) is 6.07 Å². The first kappa shape index (κ1) is 23.9. The third-order valence-electron chi connectivity index (χ3n) is 7.25. The zero-order chi connectivity index (χ0) is 25.7. The minimum atomic E-state index is -0.809. The lowest BCUT2D eigenvalue weighted by Crippen LogP contribution is -2.57. The lowest BCUT2D eigenvalue weighted by atomic mass is 9.99. The third-order valence-corrected chi connectivity index (χ3v) is 7.25. The van der Waals surface area contributed by atoms with Gasteiger partial charge in [0.15, 0.2) is 0 Å². The van der Waals surface area contributed by atoms with Crippen LogP contribution in [0.15, 0.2) is 35.4 Å². The van der Waals surface area contributed by atoms with E-state index >= 15 is 4.39 Å². The second-order valence-corrected chi connectivity index (χ2v) is 9.73. The van der Waals surface area contributed by atoms with Crippen LogP contribution >= 0.6 is 0 Å². The molecule has 0 N–H and O–H groups in total. The van der Waals surface area contributed by atoms with Crippen LogP contribution in [-0.2, 0) is 13.6 Å². The molecule has 1 saturated heterocycles. The van der Waals surface area contributed by atoms with Gasteiger partial charge in [-0.25, -0.2) is 4.98 Å². The SMILES string of the molecule is Cc1cnc2ccc([C@H](C)N3C[C@H](C)N(c4c(F)c(=O)n(C)c5cn(CC#N)nc45)C[C@H]3C)cc2n1. The van der Waals surface area contributed by atoms with Crippen LogP contribution in [0.4, 0.5) is 10.1 Å². The van der Waals surface area contributed by atoms with Crippen molar-refractivity contribution in [2.45, 2.75) is 52.4 Å². The normalized spacial score (nSPS) is 19.6. The summed E-state index contributed by atoms with van der Waals surface area (Å²) in [6.07, 6.45) is 3.39. The standard InChI is InChI=1S/C26H29FN8O/c1-15-11-29-20-7-6-19(10-21(20)30-15)18(4)34-12-17(3)35(13-16(34)2)25-23(27)26(36)32(5)22-14-33(9-8-28)31-24(22)25/h6-7,10-11,14,16-18H,9,12-13H2,1-5H3/t16-,17+,18+/m1/s1. The molecule has 3 aromatic heterocycles. The highest BCUT2D eigenvalue weighted by Crippen LogP contribution is 2.34. The van der Waals surface area contributed by atoms with Gasteiger partial charge >= 0.3 is 0 Å². The van der Waals surface area contributed by atoms with Crippen molar-refractivity contribution in [1.82, 2.24) is 29.2 Å². The van der Waals surface area contributed by atoms with Gasteiger partial charge in [-0.05, 0) is 45.4 Å². The fourth-order valence-electron chi connectivity index (χ4n) is 5.28. The van der Waals surface area contributed by atoms with Gasteiger partial charge in [-0.3, -0.25) is 19.4 Å². The van der Waals surface area contributed by atoms with Crippen LogP contribution in [0.1, 0.15) is 38.1 Å². The fourth-order valence-corrected chi connectivity index (χ4v) is 5.28. The number of fused-ring (bicyclic) bond motifs is 2. The maximum Gasteiger partial charge on any atom is 0.289 e. The van der Waals surface area contributed by atoms with Crippen LogP contribution < -0.4 is 10.5 Å². The van der Waals surface area contributed by atoms with Crippen molar-refractivity contribution in [2.75, 3.05) is 18.0 Å². The number of anilines is 1. The summed E-state index contributed by atoms with van der Waals surface area (Å²) in [6.45, 7) is 9.49. The topological polar surface area (TPSA) is 95.9 Å². The Hall–Kier alpha value is -3.84. The second kappa shape index (κ2) is 8.99. The van der Waals surface area contributed by atoms with Gasteiger partial charge in [-0.1, -0.05) is 6.07 Å². The van der Waals surface area contributed by atoms with E-state index in [9.17, 15) is 4.79 Å². The first-order valence-electron chi connectivity index (χ1n) is 12.1. The van der Waals surface area contributed by atoms with E-state index in [1.54, 1.807) is 12.4 Å². The number of nitrogens with zero attached hydrogens (tertiary/aromatic N) is 8. The molecule has 0 saturated carbocycles. The van der Waals surface area contributed by atoms with Gasteiger partial charge in [0.05, 0.1) is 34.5 Å². The molecule has 9 nitrogen and oxygen atoms in total. The van der Waals surface area contributed by atoms with E-state index in [0.717, 1.165) is 22.3 Å². The van der Waals surface area contributed by atoms with Crippen molar-refractivity contribution >= 4 is 27.8 Å². The molecular weight excluding hydrogens is 459 g/mol. The Bertz CT molecular complexity index is 1570. The zero-order valence-electron chi connectivity index (χ0n) is 21.1. The highest BCUT2D eigenvalue weighted by Gasteiger charge is 2.35. The number of rotatable bonds is 4. The molecule has 0 radical (unpaired) electrons. The zero-order valence-corrected chi connectivity index (χ0v) is 21.1. The molecule has 0 spiro atoms. The second-order valence-electron chi connectivity index (χ2n) is 9.73. The molecule has 0 amide bonds. The summed E-state index contributed by atoms with van der Waals surface area (Å²) >= 11 is 0. The Morgan fingerprint density at radius 1 is 1.22 bits per heavy atom. The van der Waals surface area contributed by atoms with Gasteiger partial charge < -0.3 is 9.47 Å². The van der Waals surface area contributed by atoms with Gasteiger partial charge in [-0.15, -0.1) is 0 Å². The Balaban J connectivity index is 1.48. The first-order chi connectivity index (χ1) is 17.2. The summed E-state index contributed by atoms with van der Waals surface area (Å²) in [5, 5.41) is 13.6. The first-order valence-corrected chi connectivity index (χ1v) is 12.1. The fraction of sp³-hybridized carbons (Fsp3) is 0.423. The number of halogens is 1. The third kappa shape index (κ3) is 3.89. The Labute approximate surface area is 208 Å². The number of pyridine rings is 1. The molecule has 36 heavy (non-hydrogen) atoms. The lowest BCUT2D eigenvalue weighted by molar-refractivity contribution is 0.119. The number of nitriles is 1. The van der Waals surface area contributed by atoms with E-state index < -0.39 is 11.4 Å². The van der Waals surface area contributed by atoms with E-state index in [1.165, 1.54) is 16.3 Å². The molecule has 0 unspecified atom stereocenters. The van der Waals surface area contributed by atoms with Crippen molar-refractivity contribution in [3.63, 3.8) is 0 Å². The van der Waals surface area contributed by atoms with Gasteiger partial charge in [-0.2, -0.15) is 14.8 Å². The van der Waals surface area contributed by atoms with Crippen LogP contribution in [0.2, 0.25) is 0 Å². The maximum atomic E-state index is 15.5. The highest BCUT2D eigenvalue weighted by molar-refractivity contribution is 5.88. The molecule has 5 rings (SSSR count). The van der Waals surface area contributed by atoms with E-state index in [-0.39, 0.29) is 30.4 Å². The van der Waals surface area contributed by atoms with Gasteiger partial charge in [0, 0.05) is 44.5 Å². The highest BCUT2D eigenvalue weighted by atomic mass is 19.1. The van der Waals surface area contributed by atoms with E-state index in [4.69, 9.17) is 5.26 Å². The number of benzene rings is 1. The van der Waals surface area contributed by atoms with Crippen LogP contribution in [0.3, 0.4) is 0 Å². The van der Waals surface area contributed by atoms with Crippen LogP contribution in [-0.4, -0.2) is 54.4 Å². The average Bonchev–Trinajstić information content (AvgIpc) is 3.27. The summed E-state index contributed by atoms with van der Waals surface area (Å²) in [6, 6.07) is 8.35. The monoisotopic (exact) mass is 488 g/mol. The molecule has 4 aromatic rings. The molecule has 0 aliphatic carbocycles. The predicted molar refractivity (Wildman–Crippen MR) is 136 cm³/mol. The lowest BCUT2D eigenvalue weighted by Gasteiger charge is -2.47. The summed E-state index contributed by atoms with van der Waals surface area (Å²) in [4.78, 5) is 26.2. The summed E-state index contributed by atoms with van der Waals surface area (Å²) in [5.41, 5.74) is 4.18. The van der Waals surface area contributed by atoms with Crippen LogP contribution in [0, 0.1) is 24.1 Å². The largest absolute Gasteiger partial charge is 0.362 e. The molecule has 10 heteroatoms. The van der Waals surface area contributed by atoms with Crippen molar-refractivity contribution in [1.29, 1.82) is 5.26 Å². The number of hydrogen-bond donors (Lipinski definition) is 0. The van der Waals surface area contributed by atoms with Crippen molar-refractivity contribution < 1.29 is 4.39 Å². The summed E-state index contributed by atoms with van der Waals surface area (Å²) < 4.78 is 18.2. The molecule has 4 heterocycles. The molecule has 1 aromatic carbocycles. The molecule has 0 bridgehead atoms. The molecular formula is C26H29FN8O. The molecule has 1 aliphatic rings. The summed E-state index contributed by atoms with van der Waals surface area (Å²) in [7, 11) is 1.52. The Morgan fingerprint density at radius 3 is 2.75 bits per heavy atom.